The molecule has 0 aromatic carbocycles. The minimum absolute atomic E-state index is 0.940. The van der Waals surface area contributed by atoms with Gasteiger partial charge < -0.3 is 0 Å². The molecule has 0 radical (unpaired) electrons. The van der Waals surface area contributed by atoms with E-state index in [1.54, 1.807) is 0 Å². The van der Waals surface area contributed by atoms with Crippen molar-refractivity contribution in [3.63, 3.8) is 0 Å². The fourth-order valence-electron chi connectivity index (χ4n) is 0.906. The van der Waals surface area contributed by atoms with Crippen molar-refractivity contribution in [2.24, 2.45) is 0 Å². The second-order valence-corrected chi connectivity index (χ2v) is 3.10. The highest BCUT2D eigenvalue weighted by molar-refractivity contribution is 7.80. The fraction of sp³-hybridized carbons (Fsp3) is 0.444. The Morgan fingerprint density at radius 3 is 2.82 bits per heavy atom. The van der Waals surface area contributed by atoms with Crippen molar-refractivity contribution in [2.45, 2.75) is 19.8 Å². The summed E-state index contributed by atoms with van der Waals surface area (Å²) in [7, 11) is 0. The van der Waals surface area contributed by atoms with Gasteiger partial charge in [-0.1, -0.05) is 6.07 Å². The Kier molecular flexibility index (Phi) is 3.43. The van der Waals surface area contributed by atoms with E-state index in [0.29, 0.717) is 0 Å². The predicted molar refractivity (Wildman–Crippen MR) is 51.1 cm³/mol. The third kappa shape index (κ3) is 2.93. The monoisotopic (exact) mass is 167 g/mol. The standard InChI is InChI=1S/C9H13NS/c1-8-4-5-9(10-7-8)3-2-6-11/h4-5,7,11H,2-3,6H2,1H3. The van der Waals surface area contributed by atoms with Crippen molar-refractivity contribution < 1.29 is 0 Å². The SMILES string of the molecule is Cc1ccc(CCCS)nc1. The number of thiol groups is 1. The molecule has 60 valence electrons. The number of rotatable bonds is 3. The first kappa shape index (κ1) is 8.60. The van der Waals surface area contributed by atoms with Crippen LogP contribution in [0.3, 0.4) is 0 Å². The maximum atomic E-state index is 4.28. The van der Waals surface area contributed by atoms with E-state index < -0.39 is 0 Å². The van der Waals surface area contributed by atoms with Crippen LogP contribution in [-0.2, 0) is 6.42 Å². The van der Waals surface area contributed by atoms with E-state index in [4.69, 9.17) is 0 Å². The van der Waals surface area contributed by atoms with Gasteiger partial charge in [0.05, 0.1) is 0 Å². The Hall–Kier alpha value is -0.500. The predicted octanol–water partition coefficient (Wildman–Crippen LogP) is 2.25. The number of nitrogens with zero attached hydrogens (tertiary/aromatic N) is 1. The van der Waals surface area contributed by atoms with Crippen molar-refractivity contribution in [3.05, 3.63) is 29.6 Å². The molecular weight excluding hydrogens is 154 g/mol. The molecule has 0 aliphatic carbocycles. The summed E-state index contributed by atoms with van der Waals surface area (Å²) in [5.41, 5.74) is 2.39. The molecule has 0 saturated carbocycles. The molecule has 0 fully saturated rings. The zero-order valence-electron chi connectivity index (χ0n) is 6.75. The minimum atomic E-state index is 0.940. The van der Waals surface area contributed by atoms with Crippen LogP contribution in [0.15, 0.2) is 18.3 Å². The van der Waals surface area contributed by atoms with Crippen LogP contribution in [0.25, 0.3) is 0 Å². The van der Waals surface area contributed by atoms with E-state index >= 15 is 0 Å². The largest absolute Gasteiger partial charge is 0.261 e. The van der Waals surface area contributed by atoms with E-state index in [1.807, 2.05) is 6.20 Å². The average molecular weight is 167 g/mol. The number of aryl methyl sites for hydroxylation is 2. The summed E-state index contributed by atoms with van der Waals surface area (Å²) in [5, 5.41) is 0. The molecule has 0 spiro atoms. The van der Waals surface area contributed by atoms with Crippen LogP contribution in [0, 0.1) is 6.92 Å². The number of aromatic nitrogens is 1. The molecule has 1 rings (SSSR count). The van der Waals surface area contributed by atoms with Gasteiger partial charge in [-0.05, 0) is 37.1 Å². The van der Waals surface area contributed by atoms with Crippen LogP contribution < -0.4 is 0 Å². The van der Waals surface area contributed by atoms with Crippen molar-refractivity contribution in [3.8, 4) is 0 Å². The molecule has 2 heteroatoms. The van der Waals surface area contributed by atoms with Crippen molar-refractivity contribution in [2.75, 3.05) is 5.75 Å². The molecule has 0 saturated heterocycles. The lowest BCUT2D eigenvalue weighted by molar-refractivity contribution is 0.892. The first-order chi connectivity index (χ1) is 5.33. The van der Waals surface area contributed by atoms with Crippen LogP contribution in [0.5, 0.6) is 0 Å². The Labute approximate surface area is 73.3 Å². The summed E-state index contributed by atoms with van der Waals surface area (Å²) in [6.45, 7) is 2.05. The molecule has 0 amide bonds. The second kappa shape index (κ2) is 4.39. The van der Waals surface area contributed by atoms with E-state index in [0.717, 1.165) is 18.6 Å². The Morgan fingerprint density at radius 1 is 1.45 bits per heavy atom. The molecule has 0 aliphatic heterocycles. The van der Waals surface area contributed by atoms with E-state index in [1.165, 1.54) is 11.3 Å². The second-order valence-electron chi connectivity index (χ2n) is 2.65. The maximum absolute atomic E-state index is 4.28. The highest BCUT2D eigenvalue weighted by Crippen LogP contribution is 2.01. The van der Waals surface area contributed by atoms with Gasteiger partial charge in [-0.15, -0.1) is 0 Å². The molecule has 0 bridgehead atoms. The van der Waals surface area contributed by atoms with Crippen molar-refractivity contribution in [1.29, 1.82) is 0 Å². The van der Waals surface area contributed by atoms with Crippen LogP contribution >= 0.6 is 12.6 Å². The Balaban J connectivity index is 2.52. The number of pyridine rings is 1. The van der Waals surface area contributed by atoms with Crippen LogP contribution in [0.4, 0.5) is 0 Å². The quantitative estimate of drug-likeness (QED) is 0.681. The van der Waals surface area contributed by atoms with Gasteiger partial charge in [0.2, 0.25) is 0 Å². The van der Waals surface area contributed by atoms with E-state index in [9.17, 15) is 0 Å². The molecule has 0 unspecified atom stereocenters. The summed E-state index contributed by atoms with van der Waals surface area (Å²) in [6, 6.07) is 4.18. The van der Waals surface area contributed by atoms with Gasteiger partial charge in [0, 0.05) is 11.9 Å². The zero-order valence-corrected chi connectivity index (χ0v) is 7.64. The summed E-state index contributed by atoms with van der Waals surface area (Å²) in [6.07, 6.45) is 4.07. The normalized spacial score (nSPS) is 10.0. The lowest BCUT2D eigenvalue weighted by atomic mass is 10.2. The highest BCUT2D eigenvalue weighted by Gasteiger charge is 1.91. The lowest BCUT2D eigenvalue weighted by Gasteiger charge is -1.97. The van der Waals surface area contributed by atoms with Gasteiger partial charge >= 0.3 is 0 Å². The van der Waals surface area contributed by atoms with E-state index in [2.05, 4.69) is 36.7 Å². The molecule has 1 aromatic rings. The molecule has 0 atom stereocenters. The molecule has 11 heavy (non-hydrogen) atoms. The smallest absolute Gasteiger partial charge is 0.0404 e. The highest BCUT2D eigenvalue weighted by atomic mass is 32.1. The lowest BCUT2D eigenvalue weighted by Crippen LogP contribution is -1.90. The fourth-order valence-corrected chi connectivity index (χ4v) is 1.06. The Morgan fingerprint density at radius 2 is 2.27 bits per heavy atom. The molecule has 1 nitrogen and oxygen atoms in total. The van der Waals surface area contributed by atoms with Crippen LogP contribution in [0.2, 0.25) is 0 Å². The first-order valence-electron chi connectivity index (χ1n) is 3.85. The molecule has 0 aliphatic rings. The van der Waals surface area contributed by atoms with E-state index in [-0.39, 0.29) is 0 Å². The summed E-state index contributed by atoms with van der Waals surface area (Å²) in [5.74, 6) is 0.940. The van der Waals surface area contributed by atoms with Gasteiger partial charge in [-0.3, -0.25) is 4.98 Å². The molecular formula is C9H13NS. The topological polar surface area (TPSA) is 12.9 Å². The molecule has 1 aromatic heterocycles. The third-order valence-electron chi connectivity index (χ3n) is 1.56. The minimum Gasteiger partial charge on any atom is -0.261 e. The van der Waals surface area contributed by atoms with Gasteiger partial charge in [0.1, 0.15) is 0 Å². The summed E-state index contributed by atoms with van der Waals surface area (Å²) in [4.78, 5) is 4.28. The maximum Gasteiger partial charge on any atom is 0.0404 e. The van der Waals surface area contributed by atoms with Gasteiger partial charge in [-0.2, -0.15) is 12.6 Å². The number of hydrogen-bond donors (Lipinski definition) is 1. The van der Waals surface area contributed by atoms with Gasteiger partial charge in [0.25, 0.3) is 0 Å². The third-order valence-corrected chi connectivity index (χ3v) is 1.88. The first-order valence-corrected chi connectivity index (χ1v) is 4.48. The van der Waals surface area contributed by atoms with Crippen molar-refractivity contribution in [1.82, 2.24) is 4.98 Å². The van der Waals surface area contributed by atoms with Crippen LogP contribution in [-0.4, -0.2) is 10.7 Å². The number of hydrogen-bond acceptors (Lipinski definition) is 2. The molecule has 0 N–H and O–H groups in total. The van der Waals surface area contributed by atoms with Crippen LogP contribution in [0.1, 0.15) is 17.7 Å². The zero-order chi connectivity index (χ0) is 8.10. The van der Waals surface area contributed by atoms with Gasteiger partial charge in [0.15, 0.2) is 0 Å². The van der Waals surface area contributed by atoms with Crippen molar-refractivity contribution >= 4 is 12.6 Å². The summed E-state index contributed by atoms with van der Waals surface area (Å²) >= 11 is 4.14. The summed E-state index contributed by atoms with van der Waals surface area (Å²) < 4.78 is 0. The Bertz CT molecular complexity index is 205. The average Bonchev–Trinajstić information content (AvgIpc) is 2.04. The van der Waals surface area contributed by atoms with Gasteiger partial charge in [-0.25, -0.2) is 0 Å². The molecule has 1 heterocycles.